The van der Waals surface area contributed by atoms with Crippen LogP contribution in [0.2, 0.25) is 0 Å². The van der Waals surface area contributed by atoms with Gasteiger partial charge in [-0.3, -0.25) is 4.79 Å². The van der Waals surface area contributed by atoms with Crippen LogP contribution in [0.1, 0.15) is 23.3 Å². The van der Waals surface area contributed by atoms with Crippen LogP contribution in [0.4, 0.5) is 10.1 Å². The zero-order valence-corrected chi connectivity index (χ0v) is 12.3. The Morgan fingerprint density at radius 1 is 1.27 bits per heavy atom. The van der Waals surface area contributed by atoms with Gasteiger partial charge in [-0.1, -0.05) is 0 Å². The summed E-state index contributed by atoms with van der Waals surface area (Å²) in [6.07, 6.45) is 3.10. The zero-order chi connectivity index (χ0) is 15.7. The molecule has 116 valence electrons. The van der Waals surface area contributed by atoms with Gasteiger partial charge in [-0.25, -0.2) is 17.5 Å². The number of hydrogen-bond donors (Lipinski definition) is 3. The van der Waals surface area contributed by atoms with Gasteiger partial charge in [0, 0.05) is 17.9 Å². The van der Waals surface area contributed by atoms with E-state index in [4.69, 9.17) is 0 Å². The van der Waals surface area contributed by atoms with Gasteiger partial charge >= 0.3 is 0 Å². The smallest absolute Gasteiger partial charge is 0.272 e. The first-order chi connectivity index (χ1) is 10.5. The van der Waals surface area contributed by atoms with Gasteiger partial charge in [0.05, 0.1) is 0 Å². The van der Waals surface area contributed by atoms with Crippen LogP contribution in [0.3, 0.4) is 0 Å². The minimum Gasteiger partial charge on any atom is -0.357 e. The maximum absolute atomic E-state index is 13.8. The second kappa shape index (κ2) is 5.54. The highest BCUT2D eigenvalue weighted by Crippen LogP contribution is 2.25. The average Bonchev–Trinajstić information content (AvgIpc) is 3.09. The maximum atomic E-state index is 13.8. The molecule has 1 saturated carbocycles. The lowest BCUT2D eigenvalue weighted by Gasteiger charge is -2.09. The first-order valence-electron chi connectivity index (χ1n) is 6.72. The number of H-pyrrole nitrogens is 1. The molecule has 0 spiro atoms. The Kier molecular flexibility index (Phi) is 3.71. The number of carbonyl (C=O) groups excluding carboxylic acids is 1. The predicted molar refractivity (Wildman–Crippen MR) is 78.5 cm³/mol. The molecular formula is C14H14FN3O3S. The highest BCUT2D eigenvalue weighted by molar-refractivity contribution is 7.89. The molecule has 0 radical (unpaired) electrons. The van der Waals surface area contributed by atoms with Crippen LogP contribution in [-0.4, -0.2) is 25.4 Å². The van der Waals surface area contributed by atoms with Crippen molar-refractivity contribution >= 4 is 21.6 Å². The predicted octanol–water partition coefficient (Wildman–Crippen LogP) is 1.85. The van der Waals surface area contributed by atoms with Crippen LogP contribution >= 0.6 is 0 Å². The van der Waals surface area contributed by atoms with E-state index in [1.165, 1.54) is 6.07 Å². The molecule has 0 bridgehead atoms. The first-order valence-corrected chi connectivity index (χ1v) is 8.21. The highest BCUT2D eigenvalue weighted by Gasteiger charge is 2.29. The van der Waals surface area contributed by atoms with Crippen molar-refractivity contribution in [3.05, 3.63) is 48.0 Å². The van der Waals surface area contributed by atoms with Gasteiger partial charge in [-0.05, 0) is 43.2 Å². The lowest BCUT2D eigenvalue weighted by Crippen LogP contribution is -2.26. The van der Waals surface area contributed by atoms with Crippen molar-refractivity contribution in [2.75, 3.05) is 5.32 Å². The largest absolute Gasteiger partial charge is 0.357 e. The van der Waals surface area contributed by atoms with E-state index in [0.717, 1.165) is 25.0 Å². The summed E-state index contributed by atoms with van der Waals surface area (Å²) in [6, 6.07) is 6.56. The Balaban J connectivity index is 1.84. The fraction of sp³-hybridized carbons (Fsp3) is 0.214. The average molecular weight is 323 g/mol. The summed E-state index contributed by atoms with van der Waals surface area (Å²) in [6.45, 7) is 0. The molecule has 1 heterocycles. The molecule has 1 aliphatic rings. The Hall–Kier alpha value is -2.19. The van der Waals surface area contributed by atoms with E-state index in [1.807, 2.05) is 0 Å². The summed E-state index contributed by atoms with van der Waals surface area (Å²) >= 11 is 0. The topological polar surface area (TPSA) is 91.1 Å². The Bertz CT molecular complexity index is 799. The lowest BCUT2D eigenvalue weighted by molar-refractivity contribution is 0.102. The number of aromatic amines is 1. The monoisotopic (exact) mass is 323 g/mol. The van der Waals surface area contributed by atoms with Gasteiger partial charge in [0.25, 0.3) is 5.91 Å². The van der Waals surface area contributed by atoms with Crippen LogP contribution in [-0.2, 0) is 10.0 Å². The van der Waals surface area contributed by atoms with Gasteiger partial charge in [0.2, 0.25) is 10.0 Å². The van der Waals surface area contributed by atoms with Crippen LogP contribution in [0, 0.1) is 5.82 Å². The molecule has 1 aliphatic carbocycles. The number of halogens is 1. The molecule has 0 aliphatic heterocycles. The second-order valence-electron chi connectivity index (χ2n) is 5.08. The summed E-state index contributed by atoms with van der Waals surface area (Å²) in [5.74, 6) is -1.29. The molecule has 8 heteroatoms. The number of benzene rings is 1. The van der Waals surface area contributed by atoms with Gasteiger partial charge in [0.1, 0.15) is 16.4 Å². The van der Waals surface area contributed by atoms with E-state index in [0.29, 0.717) is 5.69 Å². The van der Waals surface area contributed by atoms with Crippen molar-refractivity contribution < 1.29 is 17.6 Å². The minimum atomic E-state index is -3.92. The summed E-state index contributed by atoms with van der Waals surface area (Å²) in [5.41, 5.74) is 0.530. The quantitative estimate of drug-likeness (QED) is 0.784. The Labute approximate surface area is 126 Å². The van der Waals surface area contributed by atoms with E-state index < -0.39 is 26.6 Å². The van der Waals surface area contributed by atoms with Crippen LogP contribution in [0.5, 0.6) is 0 Å². The van der Waals surface area contributed by atoms with Crippen LogP contribution < -0.4 is 10.0 Å². The highest BCUT2D eigenvalue weighted by atomic mass is 32.2. The van der Waals surface area contributed by atoms with Gasteiger partial charge in [-0.15, -0.1) is 0 Å². The molecule has 3 rings (SSSR count). The summed E-state index contributed by atoms with van der Waals surface area (Å²) in [5, 5.41) is 2.52. The van der Waals surface area contributed by atoms with E-state index in [2.05, 4.69) is 15.0 Å². The molecule has 22 heavy (non-hydrogen) atoms. The number of hydrogen-bond acceptors (Lipinski definition) is 3. The van der Waals surface area contributed by atoms with Gasteiger partial charge in [-0.2, -0.15) is 0 Å². The molecule has 6 nitrogen and oxygen atoms in total. The number of carbonyl (C=O) groups is 1. The molecule has 1 aromatic carbocycles. The number of sulfonamides is 1. The van der Waals surface area contributed by atoms with Crippen molar-refractivity contribution in [2.24, 2.45) is 0 Å². The first kappa shape index (κ1) is 14.7. The van der Waals surface area contributed by atoms with Crippen molar-refractivity contribution in [3.8, 4) is 0 Å². The number of rotatable bonds is 5. The molecule has 1 amide bonds. The number of amides is 1. The summed E-state index contributed by atoms with van der Waals surface area (Å²) in [4.78, 5) is 14.2. The van der Waals surface area contributed by atoms with E-state index in [1.54, 1.807) is 18.3 Å². The Morgan fingerprint density at radius 3 is 2.68 bits per heavy atom. The maximum Gasteiger partial charge on any atom is 0.272 e. The van der Waals surface area contributed by atoms with Crippen LogP contribution in [0.15, 0.2) is 41.4 Å². The van der Waals surface area contributed by atoms with Crippen molar-refractivity contribution in [1.82, 2.24) is 9.71 Å². The lowest BCUT2D eigenvalue weighted by atomic mass is 10.3. The molecule has 0 saturated heterocycles. The molecule has 3 N–H and O–H groups in total. The standard InChI is InChI=1S/C14H14FN3O3S/c15-11-6-5-10(17-14(19)12-2-1-7-16-12)8-13(11)22(20,21)18-9-3-4-9/h1-2,5-9,16,18H,3-4H2,(H,17,19). The molecule has 1 aromatic heterocycles. The molecule has 2 aromatic rings. The third-order valence-corrected chi connectivity index (χ3v) is 4.76. The summed E-state index contributed by atoms with van der Waals surface area (Å²) in [7, 11) is -3.92. The minimum absolute atomic E-state index is 0.124. The SMILES string of the molecule is O=C(Nc1ccc(F)c(S(=O)(=O)NC2CC2)c1)c1ccc[nH]1. The second-order valence-corrected chi connectivity index (χ2v) is 6.76. The van der Waals surface area contributed by atoms with E-state index in [-0.39, 0.29) is 11.7 Å². The molecular weight excluding hydrogens is 309 g/mol. The van der Waals surface area contributed by atoms with Crippen molar-refractivity contribution in [2.45, 2.75) is 23.8 Å². The Morgan fingerprint density at radius 2 is 2.05 bits per heavy atom. The van der Waals surface area contributed by atoms with Gasteiger partial charge < -0.3 is 10.3 Å². The van der Waals surface area contributed by atoms with Crippen molar-refractivity contribution in [3.63, 3.8) is 0 Å². The number of nitrogens with one attached hydrogen (secondary N) is 3. The fourth-order valence-corrected chi connectivity index (χ4v) is 3.35. The normalized spacial score (nSPS) is 14.8. The third kappa shape index (κ3) is 3.18. The van der Waals surface area contributed by atoms with E-state index >= 15 is 0 Å². The third-order valence-electron chi connectivity index (χ3n) is 3.22. The zero-order valence-electron chi connectivity index (χ0n) is 11.5. The molecule has 0 atom stereocenters. The van der Waals surface area contributed by atoms with Gasteiger partial charge in [0.15, 0.2) is 0 Å². The van der Waals surface area contributed by atoms with Crippen molar-refractivity contribution in [1.29, 1.82) is 0 Å². The number of anilines is 1. The fourth-order valence-electron chi connectivity index (χ4n) is 1.94. The molecule has 1 fully saturated rings. The van der Waals surface area contributed by atoms with Crippen LogP contribution in [0.25, 0.3) is 0 Å². The number of aromatic nitrogens is 1. The summed E-state index contributed by atoms with van der Waals surface area (Å²) < 4.78 is 40.4. The molecule has 0 unspecified atom stereocenters. The van der Waals surface area contributed by atoms with E-state index in [9.17, 15) is 17.6 Å².